The third-order valence-corrected chi connectivity index (χ3v) is 1.87. The second kappa shape index (κ2) is 8.10. The van der Waals surface area contributed by atoms with Crippen molar-refractivity contribution in [2.45, 2.75) is 46.5 Å². The van der Waals surface area contributed by atoms with Crippen LogP contribution in [0.5, 0.6) is 0 Å². The van der Waals surface area contributed by atoms with Gasteiger partial charge >= 0.3 is 0 Å². The Bertz CT molecular complexity index is 174. The largest absolute Gasteiger partial charge is 0.396 e. The Labute approximate surface area is 82.2 Å². The van der Waals surface area contributed by atoms with Gasteiger partial charge in [-0.3, -0.25) is 0 Å². The first-order valence-corrected chi connectivity index (χ1v) is 5.26. The molecule has 0 fully saturated rings. The van der Waals surface area contributed by atoms with E-state index in [9.17, 15) is 0 Å². The summed E-state index contributed by atoms with van der Waals surface area (Å²) in [6, 6.07) is 0. The SMILES string of the molecule is CCCCC(=C=CC(C)C)CCO. The molecule has 0 heterocycles. The molecular weight excluding hydrogens is 160 g/mol. The molecule has 0 aromatic carbocycles. The van der Waals surface area contributed by atoms with Crippen molar-refractivity contribution in [3.8, 4) is 0 Å². The molecule has 13 heavy (non-hydrogen) atoms. The zero-order chi connectivity index (χ0) is 10.1. The lowest BCUT2D eigenvalue weighted by atomic mass is 10.1. The lowest BCUT2D eigenvalue weighted by Crippen LogP contribution is -1.88. The zero-order valence-electron chi connectivity index (χ0n) is 9.14. The van der Waals surface area contributed by atoms with E-state index in [2.05, 4.69) is 32.6 Å². The van der Waals surface area contributed by atoms with Crippen molar-refractivity contribution in [1.82, 2.24) is 0 Å². The fourth-order valence-corrected chi connectivity index (χ4v) is 1.08. The Morgan fingerprint density at radius 2 is 2.08 bits per heavy atom. The lowest BCUT2D eigenvalue weighted by Gasteiger charge is -2.01. The summed E-state index contributed by atoms with van der Waals surface area (Å²) < 4.78 is 0. The van der Waals surface area contributed by atoms with E-state index in [1.807, 2.05) is 0 Å². The van der Waals surface area contributed by atoms with Crippen LogP contribution in [0.3, 0.4) is 0 Å². The van der Waals surface area contributed by atoms with Gasteiger partial charge < -0.3 is 5.11 Å². The number of aliphatic hydroxyl groups excluding tert-OH is 1. The Balaban J connectivity index is 4.13. The predicted octanol–water partition coefficient (Wildman–Crippen LogP) is 3.30. The summed E-state index contributed by atoms with van der Waals surface area (Å²) in [5.41, 5.74) is 4.55. The quantitative estimate of drug-likeness (QED) is 0.625. The van der Waals surface area contributed by atoms with Crippen LogP contribution in [0.15, 0.2) is 17.4 Å². The smallest absolute Gasteiger partial charge is 0.0474 e. The number of unbranched alkanes of at least 4 members (excludes halogenated alkanes) is 1. The molecule has 1 N–H and O–H groups in total. The number of aliphatic hydroxyl groups is 1. The topological polar surface area (TPSA) is 20.2 Å². The Hall–Kier alpha value is -0.520. The summed E-state index contributed by atoms with van der Waals surface area (Å²) in [7, 11) is 0. The van der Waals surface area contributed by atoms with Crippen LogP contribution in [0.25, 0.3) is 0 Å². The predicted molar refractivity (Wildman–Crippen MR) is 57.7 cm³/mol. The first kappa shape index (κ1) is 12.5. The molecule has 0 bridgehead atoms. The highest BCUT2D eigenvalue weighted by atomic mass is 16.2. The van der Waals surface area contributed by atoms with Gasteiger partial charge in [-0.05, 0) is 36.8 Å². The Morgan fingerprint density at radius 1 is 1.38 bits per heavy atom. The minimum absolute atomic E-state index is 0.248. The zero-order valence-corrected chi connectivity index (χ0v) is 9.14. The molecule has 1 nitrogen and oxygen atoms in total. The normalized spacial score (nSPS) is 9.92. The van der Waals surface area contributed by atoms with E-state index in [1.165, 1.54) is 18.4 Å². The van der Waals surface area contributed by atoms with E-state index in [1.54, 1.807) is 0 Å². The summed E-state index contributed by atoms with van der Waals surface area (Å²) in [5, 5.41) is 8.83. The number of hydrogen-bond acceptors (Lipinski definition) is 1. The van der Waals surface area contributed by atoms with Gasteiger partial charge in [0.15, 0.2) is 0 Å². The van der Waals surface area contributed by atoms with Crippen LogP contribution in [0.4, 0.5) is 0 Å². The highest BCUT2D eigenvalue weighted by Gasteiger charge is 1.94. The molecule has 0 atom stereocenters. The van der Waals surface area contributed by atoms with Crippen LogP contribution < -0.4 is 0 Å². The standard InChI is InChI=1S/C12H22O/c1-4-5-6-12(9-10-13)8-7-11(2)3/h7,11,13H,4-6,9-10H2,1-3H3. The molecule has 0 aliphatic rings. The van der Waals surface area contributed by atoms with Crippen LogP contribution in [0.1, 0.15) is 46.5 Å². The molecule has 0 radical (unpaired) electrons. The van der Waals surface area contributed by atoms with Crippen LogP contribution in [-0.4, -0.2) is 11.7 Å². The fourth-order valence-electron chi connectivity index (χ4n) is 1.08. The molecule has 0 aromatic rings. The van der Waals surface area contributed by atoms with Gasteiger partial charge in [0.1, 0.15) is 0 Å². The van der Waals surface area contributed by atoms with E-state index in [4.69, 9.17) is 5.11 Å². The van der Waals surface area contributed by atoms with E-state index in [0.717, 1.165) is 12.8 Å². The van der Waals surface area contributed by atoms with Crippen molar-refractivity contribution < 1.29 is 5.11 Å². The molecule has 0 saturated heterocycles. The first-order chi connectivity index (χ1) is 6.20. The third-order valence-electron chi connectivity index (χ3n) is 1.87. The van der Waals surface area contributed by atoms with Gasteiger partial charge in [0.05, 0.1) is 0 Å². The minimum Gasteiger partial charge on any atom is -0.396 e. The lowest BCUT2D eigenvalue weighted by molar-refractivity contribution is 0.297. The van der Waals surface area contributed by atoms with E-state index >= 15 is 0 Å². The summed E-state index contributed by atoms with van der Waals surface area (Å²) in [6.45, 7) is 6.72. The van der Waals surface area contributed by atoms with Crippen LogP contribution in [0, 0.1) is 5.92 Å². The van der Waals surface area contributed by atoms with Crippen LogP contribution >= 0.6 is 0 Å². The molecule has 0 rings (SSSR count). The average molecular weight is 182 g/mol. The molecule has 1 heteroatoms. The number of hydrogen-bond donors (Lipinski definition) is 1. The molecule has 0 aromatic heterocycles. The van der Waals surface area contributed by atoms with Crippen LogP contribution in [0.2, 0.25) is 0 Å². The summed E-state index contributed by atoms with van der Waals surface area (Å²) in [5.74, 6) is 0.551. The van der Waals surface area contributed by atoms with Crippen LogP contribution in [-0.2, 0) is 0 Å². The van der Waals surface area contributed by atoms with E-state index < -0.39 is 0 Å². The monoisotopic (exact) mass is 182 g/mol. The van der Waals surface area contributed by atoms with Gasteiger partial charge in [-0.25, -0.2) is 0 Å². The van der Waals surface area contributed by atoms with Crippen molar-refractivity contribution >= 4 is 0 Å². The molecule has 0 amide bonds. The Kier molecular flexibility index (Phi) is 7.77. The summed E-state index contributed by atoms with van der Waals surface area (Å²) in [4.78, 5) is 0. The maximum Gasteiger partial charge on any atom is 0.0474 e. The van der Waals surface area contributed by atoms with Crippen molar-refractivity contribution in [3.63, 3.8) is 0 Å². The highest BCUT2D eigenvalue weighted by molar-refractivity contribution is 5.02. The molecule has 0 saturated carbocycles. The third kappa shape index (κ3) is 7.83. The van der Waals surface area contributed by atoms with Gasteiger partial charge in [-0.2, -0.15) is 0 Å². The fraction of sp³-hybridized carbons (Fsp3) is 0.750. The van der Waals surface area contributed by atoms with Crippen molar-refractivity contribution in [1.29, 1.82) is 0 Å². The van der Waals surface area contributed by atoms with Gasteiger partial charge in [0.2, 0.25) is 0 Å². The summed E-state index contributed by atoms with van der Waals surface area (Å²) >= 11 is 0. The molecule has 0 aliphatic heterocycles. The maximum absolute atomic E-state index is 8.83. The van der Waals surface area contributed by atoms with Gasteiger partial charge in [-0.15, -0.1) is 5.73 Å². The van der Waals surface area contributed by atoms with Gasteiger partial charge in [-0.1, -0.05) is 27.2 Å². The van der Waals surface area contributed by atoms with Gasteiger partial charge in [0, 0.05) is 6.61 Å². The van der Waals surface area contributed by atoms with Gasteiger partial charge in [0.25, 0.3) is 0 Å². The average Bonchev–Trinajstić information content (AvgIpc) is 2.09. The minimum atomic E-state index is 0.248. The second-order valence-corrected chi connectivity index (χ2v) is 3.74. The first-order valence-electron chi connectivity index (χ1n) is 5.26. The Morgan fingerprint density at radius 3 is 2.54 bits per heavy atom. The van der Waals surface area contributed by atoms with Crippen molar-refractivity contribution in [3.05, 3.63) is 17.4 Å². The van der Waals surface area contributed by atoms with E-state index in [0.29, 0.717) is 5.92 Å². The molecule has 0 aliphatic carbocycles. The molecule has 76 valence electrons. The maximum atomic E-state index is 8.83. The molecular formula is C12H22O. The highest BCUT2D eigenvalue weighted by Crippen LogP contribution is 2.10. The number of rotatable bonds is 6. The van der Waals surface area contributed by atoms with Crippen molar-refractivity contribution in [2.75, 3.05) is 6.61 Å². The molecule has 0 unspecified atom stereocenters. The molecule has 0 spiro atoms. The summed E-state index contributed by atoms with van der Waals surface area (Å²) in [6.07, 6.45) is 6.36. The second-order valence-electron chi connectivity index (χ2n) is 3.74. The van der Waals surface area contributed by atoms with E-state index in [-0.39, 0.29) is 6.61 Å². The van der Waals surface area contributed by atoms with Crippen molar-refractivity contribution in [2.24, 2.45) is 5.92 Å².